The summed E-state index contributed by atoms with van der Waals surface area (Å²) in [4.78, 5) is 0. The lowest BCUT2D eigenvalue weighted by atomic mass is 10.0. The second-order valence-electron chi connectivity index (χ2n) is 7.37. The minimum absolute atomic E-state index is 0.124. The molecular weight excluding hydrogens is 446 g/mol. The normalized spacial score (nSPS) is 14.8. The first-order valence-corrected chi connectivity index (χ1v) is 14.7. The molecule has 0 aliphatic carbocycles. The minimum Gasteiger partial charge on any atom is -0.375 e. The van der Waals surface area contributed by atoms with Crippen molar-refractivity contribution in [1.29, 1.82) is 0 Å². The van der Waals surface area contributed by atoms with Gasteiger partial charge in [-0.2, -0.15) is 0 Å². The summed E-state index contributed by atoms with van der Waals surface area (Å²) in [7, 11) is -5.60. The van der Waals surface area contributed by atoms with Gasteiger partial charge in [0, 0.05) is 7.11 Å². The lowest BCUT2D eigenvalue weighted by Crippen LogP contribution is -2.19. The minimum atomic E-state index is -3.65. The van der Waals surface area contributed by atoms with Crippen LogP contribution in [-0.4, -0.2) is 38.7 Å². The zero-order valence-corrected chi connectivity index (χ0v) is 21.4. The van der Waals surface area contributed by atoms with Gasteiger partial charge in [0.2, 0.25) is 7.37 Å². The van der Waals surface area contributed by atoms with E-state index in [-0.39, 0.29) is 26.2 Å². The third-order valence-electron chi connectivity index (χ3n) is 5.08. The molecule has 0 aliphatic heterocycles. The highest BCUT2D eigenvalue weighted by Crippen LogP contribution is 2.71. The average Bonchev–Trinajstić information content (AvgIpc) is 2.78. The lowest BCUT2D eigenvalue weighted by Gasteiger charge is -2.32. The molecule has 8 heteroatoms. The summed E-state index contributed by atoms with van der Waals surface area (Å²) < 4.78 is 49.2. The van der Waals surface area contributed by atoms with Crippen LogP contribution >= 0.6 is 15.0 Å². The van der Waals surface area contributed by atoms with E-state index in [0.29, 0.717) is 12.8 Å². The van der Waals surface area contributed by atoms with Crippen molar-refractivity contribution in [1.82, 2.24) is 0 Å². The van der Waals surface area contributed by atoms with Gasteiger partial charge < -0.3 is 18.3 Å². The van der Waals surface area contributed by atoms with Crippen LogP contribution in [0.3, 0.4) is 0 Å². The molecule has 2 atom stereocenters. The van der Waals surface area contributed by atoms with E-state index in [2.05, 4.69) is 36.4 Å². The topological polar surface area (TPSA) is 71.1 Å². The van der Waals surface area contributed by atoms with Gasteiger partial charge in [0.25, 0.3) is 0 Å². The van der Waals surface area contributed by atoms with Gasteiger partial charge in [0.1, 0.15) is 11.7 Å². The molecule has 0 bridgehead atoms. The Hall–Kier alpha value is -1.26. The molecule has 178 valence electrons. The Morgan fingerprint density at radius 2 is 1.34 bits per heavy atom. The van der Waals surface area contributed by atoms with Gasteiger partial charge in [-0.3, -0.25) is 9.13 Å². The SMILES string of the molecule is CCOP(=O)(COC)C(CCCc1ccc(-c2ccccc2)cc1)P(=O)(OCC)OCC. The van der Waals surface area contributed by atoms with E-state index in [4.69, 9.17) is 18.3 Å². The maximum Gasteiger partial charge on any atom is 0.343 e. The first-order valence-electron chi connectivity index (χ1n) is 11.2. The molecule has 0 aromatic heterocycles. The monoisotopic (exact) mass is 482 g/mol. The third-order valence-corrected chi connectivity index (χ3v) is 11.7. The van der Waals surface area contributed by atoms with Crippen LogP contribution in [0, 0.1) is 0 Å². The highest BCUT2D eigenvalue weighted by molar-refractivity contribution is 7.75. The standard InChI is InChI=1S/C24H36O6P2/c1-5-28-31(25,20-27-4)24(32(26,29-6-2)30-7-3)15-11-12-21-16-18-23(19-17-21)22-13-9-8-10-14-22/h8-10,13-14,16-19,24H,5-7,11-12,15,20H2,1-4H3. The second kappa shape index (κ2) is 13.4. The van der Waals surface area contributed by atoms with Crippen molar-refractivity contribution >= 4 is 15.0 Å². The zero-order chi connectivity index (χ0) is 23.5. The van der Waals surface area contributed by atoms with E-state index in [0.717, 1.165) is 17.5 Å². The number of ether oxygens (including phenoxy) is 1. The molecule has 2 rings (SSSR count). The molecule has 0 saturated carbocycles. The van der Waals surface area contributed by atoms with Gasteiger partial charge in [-0.25, -0.2) is 0 Å². The first-order chi connectivity index (χ1) is 15.4. The van der Waals surface area contributed by atoms with E-state index in [1.54, 1.807) is 20.8 Å². The van der Waals surface area contributed by atoms with Gasteiger partial charge in [-0.1, -0.05) is 54.6 Å². The van der Waals surface area contributed by atoms with Gasteiger partial charge in [-0.05, 0) is 56.7 Å². The highest BCUT2D eigenvalue weighted by atomic mass is 31.2. The van der Waals surface area contributed by atoms with E-state index in [1.165, 1.54) is 12.7 Å². The molecule has 0 amide bonds. The van der Waals surface area contributed by atoms with Crippen molar-refractivity contribution in [2.75, 3.05) is 33.3 Å². The fourth-order valence-electron chi connectivity index (χ4n) is 3.73. The molecule has 6 nitrogen and oxygen atoms in total. The molecule has 0 spiro atoms. The summed E-state index contributed by atoms with van der Waals surface area (Å²) in [5.74, 6) is 0. The van der Waals surface area contributed by atoms with Gasteiger partial charge in [0.05, 0.1) is 19.8 Å². The third kappa shape index (κ3) is 7.38. The molecular formula is C24H36O6P2. The van der Waals surface area contributed by atoms with Crippen LogP contribution in [0.2, 0.25) is 0 Å². The lowest BCUT2D eigenvalue weighted by molar-refractivity contribution is 0.203. The number of methoxy groups -OCH3 is 1. The number of benzene rings is 2. The molecule has 0 fully saturated rings. The average molecular weight is 482 g/mol. The Kier molecular flexibility index (Phi) is 11.3. The van der Waals surface area contributed by atoms with Crippen molar-refractivity contribution in [3.8, 4) is 11.1 Å². The van der Waals surface area contributed by atoms with Crippen LogP contribution in [0.4, 0.5) is 0 Å². The Balaban J connectivity index is 2.17. The Morgan fingerprint density at radius 1 is 0.781 bits per heavy atom. The smallest absolute Gasteiger partial charge is 0.343 e. The van der Waals surface area contributed by atoms with Crippen molar-refractivity contribution in [2.45, 2.75) is 45.4 Å². The molecule has 0 N–H and O–H groups in total. The Labute approximate surface area is 192 Å². The second-order valence-corrected chi connectivity index (χ2v) is 12.6. The molecule has 2 aromatic rings. The molecule has 2 aromatic carbocycles. The number of aryl methyl sites for hydroxylation is 1. The van der Waals surface area contributed by atoms with E-state index >= 15 is 0 Å². The Bertz CT molecular complexity index is 835. The summed E-state index contributed by atoms with van der Waals surface area (Å²) in [5, 5.41) is -0.863. The predicted octanol–water partition coefficient (Wildman–Crippen LogP) is 7.19. The van der Waals surface area contributed by atoms with Crippen LogP contribution in [0.5, 0.6) is 0 Å². The van der Waals surface area contributed by atoms with Crippen LogP contribution in [0.15, 0.2) is 54.6 Å². The maximum absolute atomic E-state index is 13.7. The van der Waals surface area contributed by atoms with Crippen molar-refractivity contribution < 1.29 is 27.4 Å². The quantitative estimate of drug-likeness (QED) is 0.250. The van der Waals surface area contributed by atoms with Crippen LogP contribution in [-0.2, 0) is 33.9 Å². The molecule has 0 heterocycles. The van der Waals surface area contributed by atoms with Crippen LogP contribution < -0.4 is 0 Å². The van der Waals surface area contributed by atoms with Crippen LogP contribution in [0.25, 0.3) is 11.1 Å². The van der Waals surface area contributed by atoms with E-state index < -0.39 is 20.4 Å². The van der Waals surface area contributed by atoms with E-state index in [9.17, 15) is 9.13 Å². The molecule has 0 aliphatic rings. The highest BCUT2D eigenvalue weighted by Gasteiger charge is 2.48. The maximum atomic E-state index is 13.7. The van der Waals surface area contributed by atoms with Crippen molar-refractivity contribution in [3.63, 3.8) is 0 Å². The van der Waals surface area contributed by atoms with Crippen molar-refractivity contribution in [3.05, 3.63) is 60.2 Å². The van der Waals surface area contributed by atoms with Gasteiger partial charge in [-0.15, -0.1) is 0 Å². The fraction of sp³-hybridized carbons (Fsp3) is 0.500. The van der Waals surface area contributed by atoms with Crippen LogP contribution in [0.1, 0.15) is 39.2 Å². The van der Waals surface area contributed by atoms with Gasteiger partial charge in [0.15, 0.2) is 0 Å². The summed E-state index contributed by atoms with van der Waals surface area (Å²) in [6.07, 6.45) is 1.68. The fourth-order valence-corrected chi connectivity index (χ4v) is 9.68. The molecule has 0 radical (unpaired) electrons. The number of hydrogen-bond acceptors (Lipinski definition) is 6. The Morgan fingerprint density at radius 3 is 1.88 bits per heavy atom. The number of hydrogen-bond donors (Lipinski definition) is 0. The molecule has 32 heavy (non-hydrogen) atoms. The molecule has 2 unspecified atom stereocenters. The van der Waals surface area contributed by atoms with Gasteiger partial charge >= 0.3 is 7.60 Å². The zero-order valence-electron chi connectivity index (χ0n) is 19.6. The van der Waals surface area contributed by atoms with E-state index in [1.807, 2.05) is 18.2 Å². The molecule has 0 saturated heterocycles. The predicted molar refractivity (Wildman–Crippen MR) is 131 cm³/mol. The first kappa shape index (κ1) is 27.0. The van der Waals surface area contributed by atoms with Crippen molar-refractivity contribution in [2.24, 2.45) is 0 Å². The summed E-state index contributed by atoms with van der Waals surface area (Å²) in [5.41, 5.74) is 3.49. The summed E-state index contributed by atoms with van der Waals surface area (Å²) >= 11 is 0. The summed E-state index contributed by atoms with van der Waals surface area (Å²) in [6.45, 7) is 5.90. The summed E-state index contributed by atoms with van der Waals surface area (Å²) in [6, 6.07) is 18.6. The largest absolute Gasteiger partial charge is 0.375 e. The number of rotatable bonds is 15.